The van der Waals surface area contributed by atoms with E-state index in [1.165, 1.54) is 5.84 Å². The van der Waals surface area contributed by atoms with E-state index < -0.39 is 5.72 Å². The molecule has 2 aromatic rings. The highest BCUT2D eigenvalue weighted by atomic mass is 35.5. The molecule has 2 aromatic carbocycles. The molecule has 0 aliphatic carbocycles. The van der Waals surface area contributed by atoms with Crippen LogP contribution in [0.3, 0.4) is 0 Å². The summed E-state index contributed by atoms with van der Waals surface area (Å²) in [5.74, 6) is 2.02. The lowest BCUT2D eigenvalue weighted by atomic mass is 10.00. The minimum absolute atomic E-state index is 0.567. The fraction of sp³-hybridized carbons (Fsp3) is 0.350. The molecule has 0 bridgehead atoms. The minimum Gasteiger partial charge on any atom is -0.494 e. The largest absolute Gasteiger partial charge is 0.494 e. The van der Waals surface area contributed by atoms with Crippen LogP contribution in [0.2, 0.25) is 5.02 Å². The number of ether oxygens (including phenoxy) is 1. The molecule has 4 rings (SSSR count). The van der Waals surface area contributed by atoms with Gasteiger partial charge in [0.25, 0.3) is 11.6 Å². The Morgan fingerprint density at radius 2 is 1.88 bits per heavy atom. The molecule has 1 N–H and O–H groups in total. The number of aliphatic hydroxyl groups is 1. The van der Waals surface area contributed by atoms with Gasteiger partial charge in [-0.3, -0.25) is 4.58 Å². The van der Waals surface area contributed by atoms with Crippen molar-refractivity contribution in [1.29, 1.82) is 0 Å². The summed E-state index contributed by atoms with van der Waals surface area (Å²) in [7, 11) is 0. The van der Waals surface area contributed by atoms with Crippen LogP contribution in [0.4, 0.5) is 5.69 Å². The first-order chi connectivity index (χ1) is 12.1. The van der Waals surface area contributed by atoms with Gasteiger partial charge in [-0.2, -0.15) is 4.90 Å². The van der Waals surface area contributed by atoms with Gasteiger partial charge in [-0.05, 0) is 49.7 Å². The Labute approximate surface area is 152 Å². The van der Waals surface area contributed by atoms with Crippen LogP contribution in [0.1, 0.15) is 25.3 Å². The van der Waals surface area contributed by atoms with E-state index in [0.29, 0.717) is 18.2 Å². The Balaban J connectivity index is 1.75. The van der Waals surface area contributed by atoms with Crippen LogP contribution in [-0.4, -0.2) is 35.2 Å². The van der Waals surface area contributed by atoms with E-state index in [9.17, 15) is 5.11 Å². The summed E-state index contributed by atoms with van der Waals surface area (Å²) in [5.41, 5.74) is 0.737. The quantitative estimate of drug-likeness (QED) is 0.849. The van der Waals surface area contributed by atoms with Crippen molar-refractivity contribution < 1.29 is 14.4 Å². The Kier molecular flexibility index (Phi) is 4.18. The maximum atomic E-state index is 11.6. The molecule has 0 radical (unpaired) electrons. The molecule has 0 amide bonds. The molecule has 2 heterocycles. The van der Waals surface area contributed by atoms with E-state index in [0.717, 1.165) is 36.4 Å². The predicted molar refractivity (Wildman–Crippen MR) is 99.7 cm³/mol. The van der Waals surface area contributed by atoms with Gasteiger partial charge in [-0.1, -0.05) is 23.7 Å². The molecule has 1 atom stereocenters. The van der Waals surface area contributed by atoms with Crippen molar-refractivity contribution in [2.75, 3.05) is 24.6 Å². The van der Waals surface area contributed by atoms with Crippen LogP contribution < -0.4 is 9.64 Å². The molecule has 25 heavy (non-hydrogen) atoms. The van der Waals surface area contributed by atoms with Gasteiger partial charge in [-0.15, -0.1) is 0 Å². The smallest absolute Gasteiger partial charge is 0.275 e. The maximum Gasteiger partial charge on any atom is 0.275 e. The normalized spacial score (nSPS) is 22.4. The van der Waals surface area contributed by atoms with E-state index in [1.54, 1.807) is 0 Å². The van der Waals surface area contributed by atoms with E-state index >= 15 is 0 Å². The molecule has 0 unspecified atom stereocenters. The van der Waals surface area contributed by atoms with Crippen molar-refractivity contribution in [3.8, 4) is 5.75 Å². The third-order valence-electron chi connectivity index (χ3n) is 4.95. The van der Waals surface area contributed by atoms with E-state index in [1.807, 2.05) is 55.5 Å². The highest BCUT2D eigenvalue weighted by Crippen LogP contribution is 2.39. The van der Waals surface area contributed by atoms with Crippen LogP contribution in [0, 0.1) is 0 Å². The average molecular weight is 358 g/mol. The van der Waals surface area contributed by atoms with Crippen LogP contribution >= 0.6 is 11.6 Å². The van der Waals surface area contributed by atoms with Crippen molar-refractivity contribution in [1.82, 2.24) is 0 Å². The second kappa shape index (κ2) is 6.36. The Morgan fingerprint density at radius 3 is 2.56 bits per heavy atom. The molecule has 0 saturated carbocycles. The fourth-order valence-corrected chi connectivity index (χ4v) is 3.97. The lowest BCUT2D eigenvalue weighted by Crippen LogP contribution is -2.47. The Morgan fingerprint density at radius 1 is 1.16 bits per heavy atom. The molecular formula is C20H22ClN2O2+. The van der Waals surface area contributed by atoms with Crippen molar-refractivity contribution in [2.45, 2.75) is 25.5 Å². The zero-order valence-electron chi connectivity index (χ0n) is 14.3. The van der Waals surface area contributed by atoms with Gasteiger partial charge in [0.1, 0.15) is 11.4 Å². The Hall–Kier alpha value is -2.04. The summed E-state index contributed by atoms with van der Waals surface area (Å²) in [6, 6.07) is 15.4. The van der Waals surface area contributed by atoms with Gasteiger partial charge >= 0.3 is 0 Å². The molecular weight excluding hydrogens is 336 g/mol. The van der Waals surface area contributed by atoms with E-state index in [-0.39, 0.29) is 0 Å². The second-order valence-electron chi connectivity index (χ2n) is 6.53. The van der Waals surface area contributed by atoms with Crippen LogP contribution in [0.25, 0.3) is 0 Å². The first-order valence-corrected chi connectivity index (χ1v) is 9.12. The van der Waals surface area contributed by atoms with Crippen LogP contribution in [-0.2, 0) is 5.72 Å². The van der Waals surface area contributed by atoms with E-state index in [2.05, 4.69) is 9.48 Å². The molecule has 2 aliphatic rings. The lowest BCUT2D eigenvalue weighted by Gasteiger charge is -2.29. The molecule has 4 nitrogen and oxygen atoms in total. The number of nitrogens with zero attached hydrogens (tertiary/aromatic N) is 2. The zero-order chi connectivity index (χ0) is 17.4. The molecule has 130 valence electrons. The maximum absolute atomic E-state index is 11.6. The van der Waals surface area contributed by atoms with E-state index in [4.69, 9.17) is 16.3 Å². The van der Waals surface area contributed by atoms with Crippen LogP contribution in [0.5, 0.6) is 5.75 Å². The van der Waals surface area contributed by atoms with Crippen LogP contribution in [0.15, 0.2) is 48.5 Å². The van der Waals surface area contributed by atoms with Gasteiger partial charge in [0.05, 0.1) is 19.6 Å². The molecule has 0 saturated heterocycles. The van der Waals surface area contributed by atoms with Gasteiger partial charge in [0.15, 0.2) is 6.54 Å². The lowest BCUT2D eigenvalue weighted by molar-refractivity contribution is -0.526. The zero-order valence-corrected chi connectivity index (χ0v) is 15.0. The van der Waals surface area contributed by atoms with Gasteiger partial charge in [0, 0.05) is 10.6 Å². The highest BCUT2D eigenvalue weighted by molar-refractivity contribution is 6.30. The summed E-state index contributed by atoms with van der Waals surface area (Å²) in [4.78, 5) is 2.07. The number of anilines is 1. The topological polar surface area (TPSA) is 35.7 Å². The summed E-state index contributed by atoms with van der Waals surface area (Å²) in [5, 5.41) is 12.3. The van der Waals surface area contributed by atoms with Gasteiger partial charge < -0.3 is 9.84 Å². The molecule has 0 aromatic heterocycles. The summed E-state index contributed by atoms with van der Waals surface area (Å²) in [6.07, 6.45) is 2.10. The first-order valence-electron chi connectivity index (χ1n) is 8.74. The van der Waals surface area contributed by atoms with Gasteiger partial charge in [-0.25, -0.2) is 0 Å². The Bertz CT molecular complexity index is 801. The van der Waals surface area contributed by atoms with Crippen molar-refractivity contribution in [3.63, 3.8) is 0 Å². The molecule has 5 heteroatoms. The molecule has 0 fully saturated rings. The second-order valence-corrected chi connectivity index (χ2v) is 6.96. The monoisotopic (exact) mass is 357 g/mol. The third kappa shape index (κ3) is 2.79. The van der Waals surface area contributed by atoms with Crippen molar-refractivity contribution in [2.24, 2.45) is 0 Å². The number of halogens is 1. The van der Waals surface area contributed by atoms with Crippen molar-refractivity contribution >= 4 is 23.1 Å². The number of hydrogen-bond donors (Lipinski definition) is 1. The molecule has 0 spiro atoms. The van der Waals surface area contributed by atoms with Gasteiger partial charge in [0.2, 0.25) is 0 Å². The predicted octanol–water partition coefficient (Wildman–Crippen LogP) is 3.61. The summed E-state index contributed by atoms with van der Waals surface area (Å²) in [6.45, 7) is 4.17. The number of hydrogen-bond acceptors (Lipinski definition) is 3. The molecule has 2 aliphatic heterocycles. The number of benzene rings is 2. The SMILES string of the molecule is CCOc1ccc(N2C3=[N+](CCC3)C[C@]2(O)c2ccc(Cl)cc2)cc1. The third-order valence-corrected chi connectivity index (χ3v) is 5.20. The summed E-state index contributed by atoms with van der Waals surface area (Å²) < 4.78 is 7.83. The fourth-order valence-electron chi connectivity index (χ4n) is 3.85. The first kappa shape index (κ1) is 16.4. The highest BCUT2D eigenvalue weighted by Gasteiger charge is 2.55. The standard InChI is InChI=1S/C20H22ClN2O2/c1-2-25-18-11-9-17(10-12-18)23-19-4-3-13-22(19)14-20(23,24)15-5-7-16(21)8-6-15/h5-12,24H,2-4,13-14H2,1H3/q+1/t20-/m0/s1. The number of amidine groups is 1. The number of rotatable bonds is 4. The average Bonchev–Trinajstić information content (AvgIpc) is 3.15. The minimum atomic E-state index is -1.09. The van der Waals surface area contributed by atoms with Crippen molar-refractivity contribution in [3.05, 3.63) is 59.1 Å². The summed E-state index contributed by atoms with van der Waals surface area (Å²) >= 11 is 6.04.